The highest BCUT2D eigenvalue weighted by atomic mass is 79.9. The summed E-state index contributed by atoms with van der Waals surface area (Å²) in [6.45, 7) is 2.59. The molecule has 104 valence electrons. The van der Waals surface area contributed by atoms with Crippen molar-refractivity contribution >= 4 is 15.9 Å². The second kappa shape index (κ2) is 5.02. The summed E-state index contributed by atoms with van der Waals surface area (Å²) in [6.07, 6.45) is 2.47. The Morgan fingerprint density at radius 3 is 2.65 bits per heavy atom. The monoisotopic (exact) mass is 332 g/mol. The van der Waals surface area contributed by atoms with Gasteiger partial charge in [-0.05, 0) is 37.1 Å². The maximum absolute atomic E-state index is 5.68. The van der Waals surface area contributed by atoms with Crippen molar-refractivity contribution in [1.82, 2.24) is 10.3 Å². The summed E-state index contributed by atoms with van der Waals surface area (Å²) < 4.78 is 6.79. The van der Waals surface area contributed by atoms with Crippen molar-refractivity contribution < 1.29 is 4.74 Å². The number of rotatable bonds is 2. The lowest BCUT2D eigenvalue weighted by atomic mass is 10.0. The van der Waals surface area contributed by atoms with E-state index in [0.717, 1.165) is 24.2 Å². The number of H-pyrrole nitrogens is 1. The van der Waals surface area contributed by atoms with Crippen LogP contribution in [0.1, 0.15) is 35.7 Å². The molecule has 2 aliphatic rings. The molecule has 1 fully saturated rings. The zero-order chi connectivity index (χ0) is 13.5. The molecule has 3 nitrogen and oxygen atoms in total. The van der Waals surface area contributed by atoms with Gasteiger partial charge in [-0.25, -0.2) is 0 Å². The number of benzene rings is 1. The Hall–Kier alpha value is -1.10. The predicted octanol–water partition coefficient (Wildman–Crippen LogP) is 3.90. The zero-order valence-electron chi connectivity index (χ0n) is 11.2. The first kappa shape index (κ1) is 12.6. The second-order valence-corrected chi connectivity index (χ2v) is 6.44. The first-order valence-corrected chi connectivity index (χ1v) is 7.93. The van der Waals surface area contributed by atoms with Crippen molar-refractivity contribution in [2.45, 2.75) is 32.1 Å². The molecular formula is C16H17BrN2O. The van der Waals surface area contributed by atoms with Gasteiger partial charge >= 0.3 is 0 Å². The van der Waals surface area contributed by atoms with Gasteiger partial charge in [-0.15, -0.1) is 0 Å². The molecular weight excluding hydrogens is 316 g/mol. The van der Waals surface area contributed by atoms with E-state index in [9.17, 15) is 0 Å². The zero-order valence-corrected chi connectivity index (χ0v) is 12.8. The molecule has 2 aromatic rings. The first-order chi connectivity index (χ1) is 9.83. The highest BCUT2D eigenvalue weighted by molar-refractivity contribution is 9.10. The van der Waals surface area contributed by atoms with Gasteiger partial charge in [0.15, 0.2) is 0 Å². The van der Waals surface area contributed by atoms with E-state index >= 15 is 0 Å². The van der Waals surface area contributed by atoms with Crippen LogP contribution in [-0.4, -0.2) is 11.5 Å². The molecule has 1 aromatic heterocycles. The smallest absolute Gasteiger partial charge is 0.0746 e. The minimum Gasteiger partial charge on any atom is -0.372 e. The molecule has 1 atom stereocenters. The molecule has 1 unspecified atom stereocenters. The summed E-state index contributed by atoms with van der Waals surface area (Å²) in [5.41, 5.74) is 6.53. The number of halogens is 1. The molecule has 1 saturated heterocycles. The van der Waals surface area contributed by atoms with Crippen molar-refractivity contribution in [3.05, 3.63) is 45.6 Å². The third-order valence-corrected chi connectivity index (χ3v) is 4.81. The molecule has 2 aliphatic heterocycles. The van der Waals surface area contributed by atoms with E-state index in [2.05, 4.69) is 50.5 Å². The van der Waals surface area contributed by atoms with Crippen LogP contribution < -0.4 is 5.32 Å². The van der Waals surface area contributed by atoms with Crippen molar-refractivity contribution in [2.24, 2.45) is 0 Å². The highest BCUT2D eigenvalue weighted by Gasteiger charge is 2.28. The van der Waals surface area contributed by atoms with Crippen molar-refractivity contribution in [3.8, 4) is 11.3 Å². The third-order valence-electron chi connectivity index (χ3n) is 4.29. The van der Waals surface area contributed by atoms with Gasteiger partial charge in [0.1, 0.15) is 0 Å². The molecule has 4 rings (SSSR count). The van der Waals surface area contributed by atoms with Gasteiger partial charge < -0.3 is 15.0 Å². The maximum Gasteiger partial charge on any atom is 0.0746 e. The normalized spacial score (nSPS) is 21.4. The van der Waals surface area contributed by atoms with E-state index in [1.54, 1.807) is 0 Å². The summed E-state index contributed by atoms with van der Waals surface area (Å²) in [7, 11) is 0. The van der Waals surface area contributed by atoms with Crippen LogP contribution in [-0.2, 0) is 18.0 Å². The Kier molecular flexibility index (Phi) is 3.17. The number of aromatic nitrogens is 1. The van der Waals surface area contributed by atoms with Crippen LogP contribution in [0.2, 0.25) is 0 Å². The Morgan fingerprint density at radius 2 is 1.90 bits per heavy atom. The van der Waals surface area contributed by atoms with E-state index in [1.807, 2.05) is 0 Å². The van der Waals surface area contributed by atoms with Crippen molar-refractivity contribution in [2.75, 3.05) is 6.54 Å². The van der Waals surface area contributed by atoms with E-state index in [-0.39, 0.29) is 0 Å². The Bertz CT molecular complexity index is 627. The molecule has 0 aliphatic carbocycles. The van der Waals surface area contributed by atoms with Crippen LogP contribution in [0.15, 0.2) is 28.7 Å². The average molecular weight is 333 g/mol. The molecule has 1 aromatic carbocycles. The largest absolute Gasteiger partial charge is 0.372 e. The molecule has 0 amide bonds. The van der Waals surface area contributed by atoms with Gasteiger partial charge in [0, 0.05) is 27.3 Å². The lowest BCUT2D eigenvalue weighted by molar-refractivity contribution is 0.133. The fraction of sp³-hybridized carbons (Fsp3) is 0.375. The van der Waals surface area contributed by atoms with Gasteiger partial charge in [-0.1, -0.05) is 28.1 Å². The van der Waals surface area contributed by atoms with Gasteiger partial charge in [0.25, 0.3) is 0 Å². The van der Waals surface area contributed by atoms with Crippen LogP contribution in [0.5, 0.6) is 0 Å². The summed E-state index contributed by atoms with van der Waals surface area (Å²) in [6, 6.07) is 8.95. The topological polar surface area (TPSA) is 37.0 Å². The van der Waals surface area contributed by atoms with Crippen LogP contribution in [0.3, 0.4) is 0 Å². The van der Waals surface area contributed by atoms with Gasteiger partial charge in [-0.3, -0.25) is 0 Å². The van der Waals surface area contributed by atoms with Gasteiger partial charge in [-0.2, -0.15) is 0 Å². The van der Waals surface area contributed by atoms with E-state index in [1.165, 1.54) is 40.9 Å². The Morgan fingerprint density at radius 1 is 1.10 bits per heavy atom. The minimum absolute atomic E-state index is 0.467. The number of ether oxygens (including phenoxy) is 1. The van der Waals surface area contributed by atoms with E-state index in [4.69, 9.17) is 4.74 Å². The van der Waals surface area contributed by atoms with Gasteiger partial charge in [0.05, 0.1) is 18.9 Å². The van der Waals surface area contributed by atoms with E-state index in [0.29, 0.717) is 6.04 Å². The fourth-order valence-corrected chi connectivity index (χ4v) is 3.53. The maximum atomic E-state index is 5.68. The number of nitrogens with one attached hydrogen (secondary N) is 2. The first-order valence-electron chi connectivity index (χ1n) is 7.13. The Balaban J connectivity index is 1.80. The predicted molar refractivity (Wildman–Crippen MR) is 82.4 cm³/mol. The summed E-state index contributed by atoms with van der Waals surface area (Å²) >= 11 is 3.49. The number of hydrogen-bond donors (Lipinski definition) is 2. The average Bonchev–Trinajstić information content (AvgIpc) is 3.16. The lowest BCUT2D eigenvalue weighted by Gasteiger charge is -2.10. The summed E-state index contributed by atoms with van der Waals surface area (Å²) in [5, 5.41) is 3.58. The number of fused-ring (bicyclic) bond motifs is 1. The molecule has 0 spiro atoms. The summed E-state index contributed by atoms with van der Waals surface area (Å²) in [5.74, 6) is 0. The second-order valence-electron chi connectivity index (χ2n) is 5.52. The standard InChI is InChI=1S/C16H17BrN2O/c17-11-5-3-10(4-6-11)15-12-8-20-9-13(12)16(19-15)14-2-1-7-18-14/h3-6,14,18-19H,1-2,7-9H2. The van der Waals surface area contributed by atoms with Crippen LogP contribution in [0.4, 0.5) is 0 Å². The Labute approximate surface area is 126 Å². The molecule has 4 heteroatoms. The number of aromatic amines is 1. The lowest BCUT2D eigenvalue weighted by Crippen LogP contribution is -2.14. The summed E-state index contributed by atoms with van der Waals surface area (Å²) in [4.78, 5) is 3.67. The fourth-order valence-electron chi connectivity index (χ4n) is 3.27. The molecule has 0 saturated carbocycles. The molecule has 0 radical (unpaired) electrons. The van der Waals surface area contributed by atoms with Crippen molar-refractivity contribution in [3.63, 3.8) is 0 Å². The third kappa shape index (κ3) is 2.03. The molecule has 2 N–H and O–H groups in total. The highest BCUT2D eigenvalue weighted by Crippen LogP contribution is 2.38. The quantitative estimate of drug-likeness (QED) is 0.875. The van der Waals surface area contributed by atoms with Crippen LogP contribution >= 0.6 is 15.9 Å². The molecule has 20 heavy (non-hydrogen) atoms. The van der Waals surface area contributed by atoms with Crippen molar-refractivity contribution in [1.29, 1.82) is 0 Å². The van der Waals surface area contributed by atoms with E-state index < -0.39 is 0 Å². The van der Waals surface area contributed by atoms with Gasteiger partial charge in [0.2, 0.25) is 0 Å². The van der Waals surface area contributed by atoms with Crippen LogP contribution in [0.25, 0.3) is 11.3 Å². The minimum atomic E-state index is 0.467. The SMILES string of the molecule is Brc1ccc(-c2[nH]c(C3CCCN3)c3c2COC3)cc1. The number of hydrogen-bond acceptors (Lipinski definition) is 2. The molecule has 0 bridgehead atoms. The van der Waals surface area contributed by atoms with Crippen LogP contribution in [0, 0.1) is 0 Å². The molecule has 3 heterocycles.